The number of likely N-dealkylation sites (tertiary alicyclic amines) is 1. The van der Waals surface area contributed by atoms with Crippen molar-refractivity contribution in [1.82, 2.24) is 19.5 Å². The summed E-state index contributed by atoms with van der Waals surface area (Å²) >= 11 is 6.20. The van der Waals surface area contributed by atoms with Crippen molar-refractivity contribution >= 4 is 23.2 Å². The highest BCUT2D eigenvalue weighted by atomic mass is 35.5. The first-order chi connectivity index (χ1) is 13.4. The van der Waals surface area contributed by atoms with Crippen molar-refractivity contribution in [1.29, 1.82) is 0 Å². The molecule has 146 valence electrons. The van der Waals surface area contributed by atoms with Gasteiger partial charge >= 0.3 is 0 Å². The molecule has 2 aromatic heterocycles. The van der Waals surface area contributed by atoms with Crippen molar-refractivity contribution in [3.63, 3.8) is 0 Å². The Morgan fingerprint density at radius 1 is 1.32 bits per heavy atom. The fourth-order valence-corrected chi connectivity index (χ4v) is 3.97. The topological polar surface area (TPSA) is 96.8 Å². The highest BCUT2D eigenvalue weighted by Crippen LogP contribution is 2.36. The molecule has 1 aliphatic heterocycles. The van der Waals surface area contributed by atoms with Crippen LogP contribution in [-0.4, -0.2) is 43.6 Å². The normalized spacial score (nSPS) is 16.5. The summed E-state index contributed by atoms with van der Waals surface area (Å²) in [4.78, 5) is 14.7. The summed E-state index contributed by atoms with van der Waals surface area (Å²) in [7, 11) is 0. The number of amides is 1. The molecule has 1 saturated heterocycles. The third-order valence-electron chi connectivity index (χ3n) is 5.54. The van der Waals surface area contributed by atoms with Gasteiger partial charge in [0.2, 0.25) is 0 Å². The Kier molecular flexibility index (Phi) is 4.95. The van der Waals surface area contributed by atoms with Crippen molar-refractivity contribution in [2.45, 2.75) is 25.8 Å². The van der Waals surface area contributed by atoms with Crippen LogP contribution in [0.5, 0.6) is 5.75 Å². The number of phenols is 1. The standard InChI is InChI=1S/C20H22ClN5O2/c1-12-8-17(27)15(9-16(12)21)19(22)13-4-6-25(7-5-13)20(28)14-2-3-18-24-23-11-26(18)10-14/h2-3,8-11,13,19,27H,4-7,22H2,1H3/t19-/m1/s1. The number of carbonyl (C=O) groups is 1. The highest BCUT2D eigenvalue weighted by molar-refractivity contribution is 6.31. The summed E-state index contributed by atoms with van der Waals surface area (Å²) in [5.41, 5.74) is 9.23. The van der Waals surface area contributed by atoms with Crippen LogP contribution in [0.25, 0.3) is 5.65 Å². The van der Waals surface area contributed by atoms with Gasteiger partial charge in [0.1, 0.15) is 12.1 Å². The molecule has 3 heterocycles. The molecule has 0 saturated carbocycles. The minimum Gasteiger partial charge on any atom is -0.508 e. The van der Waals surface area contributed by atoms with E-state index in [9.17, 15) is 9.90 Å². The molecule has 0 bridgehead atoms. The number of fused-ring (bicyclic) bond motifs is 1. The number of nitrogens with two attached hydrogens (primary N) is 1. The number of halogens is 1. The summed E-state index contributed by atoms with van der Waals surface area (Å²) in [5, 5.41) is 18.6. The molecule has 1 amide bonds. The maximum Gasteiger partial charge on any atom is 0.255 e. The van der Waals surface area contributed by atoms with E-state index in [2.05, 4.69) is 10.2 Å². The number of phenolic OH excluding ortho intramolecular Hbond substituents is 1. The maximum atomic E-state index is 12.8. The number of carbonyl (C=O) groups excluding carboxylic acids is 1. The van der Waals surface area contributed by atoms with Gasteiger partial charge in [0, 0.05) is 35.9 Å². The van der Waals surface area contributed by atoms with Gasteiger partial charge in [0.15, 0.2) is 5.65 Å². The molecule has 0 radical (unpaired) electrons. The van der Waals surface area contributed by atoms with Gasteiger partial charge < -0.3 is 15.7 Å². The van der Waals surface area contributed by atoms with Crippen LogP contribution >= 0.6 is 11.6 Å². The Hall–Kier alpha value is -2.64. The summed E-state index contributed by atoms with van der Waals surface area (Å²) in [6, 6.07) is 6.65. The number of rotatable bonds is 3. The molecule has 3 aromatic rings. The molecule has 0 aliphatic carbocycles. The molecule has 1 aliphatic rings. The van der Waals surface area contributed by atoms with E-state index in [4.69, 9.17) is 17.3 Å². The van der Waals surface area contributed by atoms with Gasteiger partial charge in [0.05, 0.1) is 5.56 Å². The van der Waals surface area contributed by atoms with Crippen molar-refractivity contribution in [3.05, 3.63) is 58.5 Å². The molecular formula is C20H22ClN5O2. The van der Waals surface area contributed by atoms with Crippen LogP contribution < -0.4 is 5.73 Å². The number of aryl methyl sites for hydroxylation is 1. The molecule has 1 atom stereocenters. The number of aromatic hydroxyl groups is 1. The number of hydrogen-bond acceptors (Lipinski definition) is 5. The second kappa shape index (κ2) is 7.41. The van der Waals surface area contributed by atoms with E-state index in [1.54, 1.807) is 41.2 Å². The molecule has 1 aromatic carbocycles. The fraction of sp³-hybridized carbons (Fsp3) is 0.350. The summed E-state index contributed by atoms with van der Waals surface area (Å²) in [6.07, 6.45) is 4.87. The maximum absolute atomic E-state index is 12.8. The van der Waals surface area contributed by atoms with Crippen LogP contribution in [-0.2, 0) is 0 Å². The van der Waals surface area contributed by atoms with E-state index >= 15 is 0 Å². The number of piperidine rings is 1. The predicted molar refractivity (Wildman–Crippen MR) is 106 cm³/mol. The van der Waals surface area contributed by atoms with Crippen LogP contribution in [0.2, 0.25) is 5.02 Å². The van der Waals surface area contributed by atoms with Gasteiger partial charge in [-0.2, -0.15) is 0 Å². The van der Waals surface area contributed by atoms with Crippen molar-refractivity contribution in [2.75, 3.05) is 13.1 Å². The van der Waals surface area contributed by atoms with Crippen LogP contribution in [0, 0.1) is 12.8 Å². The van der Waals surface area contributed by atoms with E-state index in [0.29, 0.717) is 34.9 Å². The Morgan fingerprint density at radius 2 is 2.07 bits per heavy atom. The van der Waals surface area contributed by atoms with E-state index in [-0.39, 0.29) is 23.6 Å². The van der Waals surface area contributed by atoms with Crippen LogP contribution in [0.3, 0.4) is 0 Å². The zero-order chi connectivity index (χ0) is 19.8. The largest absolute Gasteiger partial charge is 0.508 e. The quantitative estimate of drug-likeness (QED) is 0.705. The lowest BCUT2D eigenvalue weighted by molar-refractivity contribution is 0.0677. The lowest BCUT2D eigenvalue weighted by Gasteiger charge is -2.35. The van der Waals surface area contributed by atoms with Crippen LogP contribution in [0.1, 0.15) is 40.4 Å². The molecule has 0 unspecified atom stereocenters. The van der Waals surface area contributed by atoms with Crippen LogP contribution in [0.4, 0.5) is 0 Å². The molecule has 0 spiro atoms. The smallest absolute Gasteiger partial charge is 0.255 e. The number of aromatic nitrogens is 3. The Labute approximate surface area is 167 Å². The number of hydrogen-bond donors (Lipinski definition) is 2. The molecular weight excluding hydrogens is 378 g/mol. The van der Waals surface area contributed by atoms with Crippen molar-refractivity contribution in [2.24, 2.45) is 11.7 Å². The van der Waals surface area contributed by atoms with E-state index < -0.39 is 0 Å². The summed E-state index contributed by atoms with van der Waals surface area (Å²) in [5.74, 6) is 0.341. The van der Waals surface area contributed by atoms with E-state index in [0.717, 1.165) is 18.4 Å². The van der Waals surface area contributed by atoms with Gasteiger partial charge in [-0.15, -0.1) is 10.2 Å². The van der Waals surface area contributed by atoms with Crippen LogP contribution in [0.15, 0.2) is 36.8 Å². The first-order valence-corrected chi connectivity index (χ1v) is 9.65. The van der Waals surface area contributed by atoms with E-state index in [1.165, 1.54) is 0 Å². The molecule has 28 heavy (non-hydrogen) atoms. The second-order valence-corrected chi connectivity index (χ2v) is 7.74. The van der Waals surface area contributed by atoms with Gasteiger partial charge in [0.25, 0.3) is 5.91 Å². The molecule has 4 rings (SSSR count). The monoisotopic (exact) mass is 399 g/mol. The third kappa shape index (κ3) is 3.43. The Morgan fingerprint density at radius 3 is 2.82 bits per heavy atom. The Bertz CT molecular complexity index is 1030. The van der Waals surface area contributed by atoms with Crippen molar-refractivity contribution in [3.8, 4) is 5.75 Å². The summed E-state index contributed by atoms with van der Waals surface area (Å²) < 4.78 is 1.74. The average molecular weight is 400 g/mol. The first-order valence-electron chi connectivity index (χ1n) is 9.27. The third-order valence-corrected chi connectivity index (χ3v) is 5.95. The molecule has 3 N–H and O–H groups in total. The number of pyridine rings is 1. The molecule has 8 heteroatoms. The average Bonchev–Trinajstić information content (AvgIpc) is 3.17. The number of benzene rings is 1. The van der Waals surface area contributed by atoms with Gasteiger partial charge in [-0.05, 0) is 55.5 Å². The van der Waals surface area contributed by atoms with Gasteiger partial charge in [-0.3, -0.25) is 9.20 Å². The summed E-state index contributed by atoms with van der Waals surface area (Å²) in [6.45, 7) is 3.09. The van der Waals surface area contributed by atoms with E-state index in [1.807, 2.05) is 11.8 Å². The second-order valence-electron chi connectivity index (χ2n) is 7.33. The highest BCUT2D eigenvalue weighted by Gasteiger charge is 2.29. The van der Waals surface area contributed by atoms with Gasteiger partial charge in [-0.1, -0.05) is 11.6 Å². The lowest BCUT2D eigenvalue weighted by atomic mass is 9.85. The number of nitrogens with zero attached hydrogens (tertiary/aromatic N) is 4. The van der Waals surface area contributed by atoms with Crippen molar-refractivity contribution < 1.29 is 9.90 Å². The Balaban J connectivity index is 1.44. The zero-order valence-electron chi connectivity index (χ0n) is 15.5. The molecule has 7 nitrogen and oxygen atoms in total. The minimum absolute atomic E-state index is 0.0103. The minimum atomic E-state index is -0.316. The zero-order valence-corrected chi connectivity index (χ0v) is 16.3. The SMILES string of the molecule is Cc1cc(O)c([C@H](N)C2CCN(C(=O)c3ccc4nncn4c3)CC2)cc1Cl. The van der Waals surface area contributed by atoms with Gasteiger partial charge in [-0.25, -0.2) is 0 Å². The fourth-order valence-electron chi connectivity index (χ4n) is 3.80. The lowest BCUT2D eigenvalue weighted by Crippen LogP contribution is -2.41. The molecule has 1 fully saturated rings. The predicted octanol–water partition coefficient (Wildman–Crippen LogP) is 2.95. The first kappa shape index (κ1) is 18.7.